The quantitative estimate of drug-likeness (QED) is 0.516. The molecule has 7 nitrogen and oxygen atoms in total. The Labute approximate surface area is 181 Å². The van der Waals surface area contributed by atoms with Crippen LogP contribution in [0.3, 0.4) is 0 Å². The molecule has 0 radical (unpaired) electrons. The van der Waals surface area contributed by atoms with Gasteiger partial charge in [-0.3, -0.25) is 10.2 Å². The molecule has 0 saturated heterocycles. The molecule has 1 amide bonds. The maximum absolute atomic E-state index is 12.3. The maximum atomic E-state index is 12.3. The molecule has 0 spiro atoms. The predicted octanol–water partition coefficient (Wildman–Crippen LogP) is 4.89. The first-order valence-electron chi connectivity index (χ1n) is 9.67. The van der Waals surface area contributed by atoms with Crippen LogP contribution in [0.5, 0.6) is 5.75 Å². The topological polar surface area (TPSA) is 81.0 Å². The van der Waals surface area contributed by atoms with Crippen molar-refractivity contribution in [3.63, 3.8) is 0 Å². The molecular weight excluding hydrogens is 429 g/mol. The van der Waals surface area contributed by atoms with E-state index >= 15 is 0 Å². The molecule has 3 rings (SSSR count). The Morgan fingerprint density at radius 2 is 1.81 bits per heavy atom. The summed E-state index contributed by atoms with van der Waals surface area (Å²) < 4.78 is 50.8. The first-order chi connectivity index (χ1) is 15.1. The fraction of sp³-hybridized carbons (Fsp3) is 0.273. The van der Waals surface area contributed by atoms with Crippen molar-refractivity contribution in [1.29, 1.82) is 0 Å². The van der Waals surface area contributed by atoms with Crippen LogP contribution in [0.25, 0.3) is 11.0 Å². The highest BCUT2D eigenvalue weighted by Gasteiger charge is 2.30. The molecule has 3 aromatic rings. The number of ether oxygens (including phenoxy) is 2. The first kappa shape index (κ1) is 23.1. The summed E-state index contributed by atoms with van der Waals surface area (Å²) in [6.07, 6.45) is -5.35. The number of anilines is 1. The van der Waals surface area contributed by atoms with Crippen molar-refractivity contribution < 1.29 is 31.9 Å². The van der Waals surface area contributed by atoms with Crippen molar-refractivity contribution in [2.75, 3.05) is 19.0 Å². The predicted molar refractivity (Wildman–Crippen MR) is 111 cm³/mol. The smallest absolute Gasteiger partial charge is 0.450 e. The summed E-state index contributed by atoms with van der Waals surface area (Å²) in [5.74, 6) is -0.289. The lowest BCUT2D eigenvalue weighted by Gasteiger charge is -2.18. The summed E-state index contributed by atoms with van der Waals surface area (Å²) in [6, 6.07) is 11.9. The molecule has 1 N–H and O–H groups in total. The molecule has 0 aliphatic carbocycles. The van der Waals surface area contributed by atoms with Gasteiger partial charge in [0.2, 0.25) is 0 Å². The van der Waals surface area contributed by atoms with Crippen LogP contribution in [0.2, 0.25) is 0 Å². The molecule has 0 aliphatic heterocycles. The van der Waals surface area contributed by atoms with E-state index < -0.39 is 18.1 Å². The number of benzene rings is 2. The van der Waals surface area contributed by atoms with Gasteiger partial charge in [0.05, 0.1) is 6.61 Å². The van der Waals surface area contributed by atoms with Crippen molar-refractivity contribution in [1.82, 2.24) is 4.90 Å². The molecule has 0 atom stereocenters. The Kier molecular flexibility index (Phi) is 7.04. The number of rotatable bonds is 7. The van der Waals surface area contributed by atoms with Crippen LogP contribution >= 0.6 is 0 Å². The van der Waals surface area contributed by atoms with Gasteiger partial charge in [-0.2, -0.15) is 0 Å². The maximum Gasteiger partial charge on any atom is 0.573 e. The summed E-state index contributed by atoms with van der Waals surface area (Å²) >= 11 is 0. The molecule has 1 aromatic heterocycles. The van der Waals surface area contributed by atoms with Crippen LogP contribution in [-0.2, 0) is 17.8 Å². The lowest BCUT2D eigenvalue weighted by atomic mass is 10.1. The average Bonchev–Trinajstić information content (AvgIpc) is 2.68. The summed E-state index contributed by atoms with van der Waals surface area (Å²) in [4.78, 5) is 25.5. The second-order valence-corrected chi connectivity index (χ2v) is 7.01. The van der Waals surface area contributed by atoms with Gasteiger partial charge < -0.3 is 13.9 Å². The molecule has 1 heterocycles. The third kappa shape index (κ3) is 6.48. The van der Waals surface area contributed by atoms with E-state index in [2.05, 4.69) is 10.1 Å². The van der Waals surface area contributed by atoms with Gasteiger partial charge in [0.15, 0.2) is 0 Å². The highest BCUT2D eigenvalue weighted by atomic mass is 19.4. The van der Waals surface area contributed by atoms with E-state index in [9.17, 15) is 22.8 Å². The number of nitrogens with one attached hydrogen (secondary N) is 1. The van der Waals surface area contributed by atoms with Crippen LogP contribution < -0.4 is 15.7 Å². The zero-order valence-corrected chi connectivity index (χ0v) is 17.4. The minimum absolute atomic E-state index is 0.225. The lowest BCUT2D eigenvalue weighted by Crippen LogP contribution is -2.19. The lowest BCUT2D eigenvalue weighted by molar-refractivity contribution is -0.274. The summed E-state index contributed by atoms with van der Waals surface area (Å²) in [6.45, 7) is 2.72. The number of hydrogen-bond acceptors (Lipinski definition) is 6. The minimum atomic E-state index is -4.74. The van der Waals surface area contributed by atoms with Crippen LogP contribution in [-0.4, -0.2) is 31.0 Å². The Hall–Kier alpha value is -3.53. The second-order valence-electron chi connectivity index (χ2n) is 7.01. The fourth-order valence-electron chi connectivity index (χ4n) is 3.18. The molecule has 0 saturated carbocycles. The highest BCUT2D eigenvalue weighted by molar-refractivity contribution is 5.89. The molecule has 0 unspecified atom stereocenters. The van der Waals surface area contributed by atoms with Crippen LogP contribution in [0.4, 0.5) is 23.7 Å². The molecule has 32 heavy (non-hydrogen) atoms. The summed E-state index contributed by atoms with van der Waals surface area (Å²) in [5.41, 5.74) is 1.67. The SMILES string of the molecule is CCOC(=O)Nc1ccc2c(CN(C)Cc3ccc(OC(F)(F)F)cc3)cc(=O)oc2c1. The largest absolute Gasteiger partial charge is 0.573 e. The normalized spacial score (nSPS) is 11.6. The Morgan fingerprint density at radius 1 is 1.09 bits per heavy atom. The fourth-order valence-corrected chi connectivity index (χ4v) is 3.18. The van der Waals surface area contributed by atoms with Gasteiger partial charge in [-0.15, -0.1) is 13.2 Å². The standard InChI is InChI=1S/C22H21F3N2O5/c1-3-30-21(29)26-16-6-9-18-15(10-20(28)31-19(18)11-16)13-27(2)12-14-4-7-17(8-5-14)32-22(23,24)25/h4-11H,3,12-13H2,1-2H3,(H,26,29). The van der Waals surface area contributed by atoms with E-state index in [1.807, 2.05) is 11.9 Å². The third-order valence-corrected chi connectivity index (χ3v) is 4.40. The van der Waals surface area contributed by atoms with Crippen LogP contribution in [0, 0.1) is 0 Å². The number of amides is 1. The van der Waals surface area contributed by atoms with Crippen molar-refractivity contribution in [3.05, 3.63) is 70.1 Å². The molecule has 10 heteroatoms. The van der Waals surface area contributed by atoms with Crippen LogP contribution in [0.1, 0.15) is 18.1 Å². The summed E-state index contributed by atoms with van der Waals surface area (Å²) in [7, 11) is 1.82. The zero-order chi connectivity index (χ0) is 23.3. The van der Waals surface area contributed by atoms with Gasteiger partial charge in [0, 0.05) is 36.3 Å². The van der Waals surface area contributed by atoms with E-state index in [-0.39, 0.29) is 12.4 Å². The molecule has 0 bridgehead atoms. The van der Waals surface area contributed by atoms with Crippen LogP contribution in [0.15, 0.2) is 57.7 Å². The van der Waals surface area contributed by atoms with Crippen molar-refractivity contribution in [2.45, 2.75) is 26.4 Å². The first-order valence-corrected chi connectivity index (χ1v) is 9.67. The van der Waals surface area contributed by atoms with E-state index in [0.29, 0.717) is 35.3 Å². The third-order valence-electron chi connectivity index (χ3n) is 4.40. The van der Waals surface area contributed by atoms with E-state index in [0.717, 1.165) is 5.56 Å². The van der Waals surface area contributed by atoms with Crippen molar-refractivity contribution in [3.8, 4) is 5.75 Å². The number of nitrogens with zero attached hydrogens (tertiary/aromatic N) is 1. The zero-order valence-electron chi connectivity index (χ0n) is 17.4. The Balaban J connectivity index is 1.73. The number of carbonyl (C=O) groups is 1. The van der Waals surface area contributed by atoms with E-state index in [1.165, 1.54) is 24.3 Å². The van der Waals surface area contributed by atoms with Gasteiger partial charge >= 0.3 is 18.1 Å². The van der Waals surface area contributed by atoms with Gasteiger partial charge in [0.25, 0.3) is 0 Å². The van der Waals surface area contributed by atoms with Gasteiger partial charge in [-0.1, -0.05) is 12.1 Å². The summed E-state index contributed by atoms with van der Waals surface area (Å²) in [5, 5.41) is 3.25. The second kappa shape index (κ2) is 9.73. The molecule has 2 aromatic carbocycles. The minimum Gasteiger partial charge on any atom is -0.450 e. The Bertz CT molecular complexity index is 1140. The number of hydrogen-bond donors (Lipinski definition) is 1. The van der Waals surface area contributed by atoms with E-state index in [1.54, 1.807) is 31.2 Å². The monoisotopic (exact) mass is 450 g/mol. The number of fused-ring (bicyclic) bond motifs is 1. The van der Waals surface area contributed by atoms with Crippen molar-refractivity contribution in [2.24, 2.45) is 0 Å². The number of carbonyl (C=O) groups excluding carboxylic acids is 1. The average molecular weight is 450 g/mol. The molecular formula is C22H21F3N2O5. The van der Waals surface area contributed by atoms with E-state index in [4.69, 9.17) is 9.15 Å². The molecule has 0 fully saturated rings. The van der Waals surface area contributed by atoms with Crippen molar-refractivity contribution >= 4 is 22.7 Å². The molecule has 170 valence electrons. The highest BCUT2D eigenvalue weighted by Crippen LogP contribution is 2.25. The number of halogens is 3. The van der Waals surface area contributed by atoms with Gasteiger partial charge in [-0.05, 0) is 49.4 Å². The number of alkyl halides is 3. The van der Waals surface area contributed by atoms with Gasteiger partial charge in [0.1, 0.15) is 11.3 Å². The molecule has 0 aliphatic rings. The Morgan fingerprint density at radius 3 is 2.47 bits per heavy atom. The van der Waals surface area contributed by atoms with Gasteiger partial charge in [-0.25, -0.2) is 9.59 Å².